The molecule has 1 aliphatic rings. The lowest BCUT2D eigenvalue weighted by Gasteiger charge is -2.32. The number of likely N-dealkylation sites (N-methyl/N-ethyl adjacent to an activating group) is 1. The standard InChI is InChI=1S/C20H23ClFN5O/c1-3-26-9-4-5-13(12-26)23-20-25-24-18(19-17(22)8-10-27(19)20)15-7-6-14(28-2)11-16(15)21/h6-8,10-11,13H,3-5,9,12H2,1-2H3,(H,23,25). The predicted molar refractivity (Wildman–Crippen MR) is 109 cm³/mol. The molecule has 1 saturated heterocycles. The van der Waals surface area contributed by atoms with Gasteiger partial charge in [0.05, 0.1) is 12.1 Å². The maximum Gasteiger partial charge on any atom is 0.228 e. The number of likely N-dealkylation sites (tertiary alicyclic amines) is 1. The molecule has 4 rings (SSSR count). The van der Waals surface area contributed by atoms with Crippen molar-refractivity contribution >= 4 is 23.1 Å². The van der Waals surface area contributed by atoms with Gasteiger partial charge in [-0.1, -0.05) is 18.5 Å². The Hall–Kier alpha value is -2.38. The number of ether oxygens (including phenoxy) is 1. The molecule has 0 amide bonds. The minimum absolute atomic E-state index is 0.257. The molecule has 0 bridgehead atoms. The Balaban J connectivity index is 1.72. The largest absolute Gasteiger partial charge is 0.497 e. The monoisotopic (exact) mass is 403 g/mol. The second kappa shape index (κ2) is 7.93. The highest BCUT2D eigenvalue weighted by Crippen LogP contribution is 2.34. The number of benzene rings is 1. The number of fused-ring (bicyclic) bond motifs is 1. The maximum absolute atomic E-state index is 14.7. The Morgan fingerprint density at radius 3 is 2.93 bits per heavy atom. The summed E-state index contributed by atoms with van der Waals surface area (Å²) in [6.07, 6.45) is 3.85. The van der Waals surface area contributed by atoms with Crippen molar-refractivity contribution in [3.8, 4) is 17.0 Å². The van der Waals surface area contributed by atoms with Gasteiger partial charge in [0.15, 0.2) is 5.82 Å². The van der Waals surface area contributed by atoms with Crippen LogP contribution in [-0.2, 0) is 0 Å². The number of hydrogen-bond acceptors (Lipinski definition) is 5. The SMILES string of the molecule is CCN1CCCC(Nc2nnc(-c3ccc(OC)cc3Cl)c3c(F)ccn23)C1. The van der Waals surface area contributed by atoms with Crippen molar-refractivity contribution in [2.24, 2.45) is 0 Å². The van der Waals surface area contributed by atoms with Crippen molar-refractivity contribution < 1.29 is 9.13 Å². The average molecular weight is 404 g/mol. The first kappa shape index (κ1) is 19.0. The molecule has 1 atom stereocenters. The van der Waals surface area contributed by atoms with Gasteiger partial charge in [-0.2, -0.15) is 0 Å². The number of hydrogen-bond donors (Lipinski definition) is 1. The van der Waals surface area contributed by atoms with Crippen LogP contribution in [0.3, 0.4) is 0 Å². The van der Waals surface area contributed by atoms with Crippen LogP contribution in [0.2, 0.25) is 5.02 Å². The molecule has 6 nitrogen and oxygen atoms in total. The number of nitrogens with one attached hydrogen (secondary N) is 1. The molecule has 1 N–H and O–H groups in total. The lowest BCUT2D eigenvalue weighted by atomic mass is 10.1. The summed E-state index contributed by atoms with van der Waals surface area (Å²) < 4.78 is 21.6. The van der Waals surface area contributed by atoms with Gasteiger partial charge >= 0.3 is 0 Å². The minimum atomic E-state index is -0.362. The van der Waals surface area contributed by atoms with Gasteiger partial charge in [0, 0.05) is 24.3 Å². The van der Waals surface area contributed by atoms with Gasteiger partial charge in [-0.3, -0.25) is 4.40 Å². The molecule has 0 radical (unpaired) electrons. The lowest BCUT2D eigenvalue weighted by Crippen LogP contribution is -2.42. The van der Waals surface area contributed by atoms with Crippen LogP contribution in [-0.4, -0.2) is 52.3 Å². The molecule has 0 saturated carbocycles. The zero-order chi connectivity index (χ0) is 19.7. The van der Waals surface area contributed by atoms with Crippen LogP contribution in [0.1, 0.15) is 19.8 Å². The fourth-order valence-corrected chi connectivity index (χ4v) is 4.00. The van der Waals surface area contributed by atoms with E-state index in [1.54, 1.807) is 35.9 Å². The van der Waals surface area contributed by atoms with E-state index >= 15 is 0 Å². The first-order valence-corrected chi connectivity index (χ1v) is 9.84. The van der Waals surface area contributed by atoms with Crippen LogP contribution in [0.4, 0.5) is 10.3 Å². The first-order chi connectivity index (χ1) is 13.6. The van der Waals surface area contributed by atoms with Crippen molar-refractivity contribution in [1.82, 2.24) is 19.5 Å². The third-order valence-corrected chi connectivity index (χ3v) is 5.56. The minimum Gasteiger partial charge on any atom is -0.497 e. The summed E-state index contributed by atoms with van der Waals surface area (Å²) in [6, 6.07) is 6.90. The highest BCUT2D eigenvalue weighted by Gasteiger charge is 2.22. The van der Waals surface area contributed by atoms with Crippen molar-refractivity contribution in [3.63, 3.8) is 0 Å². The van der Waals surface area contributed by atoms with Crippen molar-refractivity contribution in [2.45, 2.75) is 25.8 Å². The quantitative estimate of drug-likeness (QED) is 0.695. The van der Waals surface area contributed by atoms with E-state index in [0.29, 0.717) is 33.5 Å². The van der Waals surface area contributed by atoms with E-state index in [1.165, 1.54) is 6.07 Å². The van der Waals surface area contributed by atoms with E-state index in [0.717, 1.165) is 32.5 Å². The third-order valence-electron chi connectivity index (χ3n) is 5.25. The van der Waals surface area contributed by atoms with E-state index in [1.807, 2.05) is 0 Å². The number of nitrogens with zero attached hydrogens (tertiary/aromatic N) is 4. The van der Waals surface area contributed by atoms with Gasteiger partial charge in [-0.25, -0.2) is 4.39 Å². The number of anilines is 1. The molecule has 1 unspecified atom stereocenters. The Labute approximate surface area is 168 Å². The molecular formula is C20H23ClFN5O. The van der Waals surface area contributed by atoms with E-state index in [-0.39, 0.29) is 11.9 Å². The number of piperidine rings is 1. The number of halogens is 2. The molecule has 0 aliphatic carbocycles. The number of methoxy groups -OCH3 is 1. The molecule has 148 valence electrons. The molecule has 1 aliphatic heterocycles. The maximum atomic E-state index is 14.7. The van der Waals surface area contributed by atoms with Crippen LogP contribution >= 0.6 is 11.6 Å². The Morgan fingerprint density at radius 2 is 2.18 bits per heavy atom. The van der Waals surface area contributed by atoms with Crippen molar-refractivity contribution in [1.29, 1.82) is 0 Å². The fraction of sp³-hybridized carbons (Fsp3) is 0.400. The van der Waals surface area contributed by atoms with E-state index in [2.05, 4.69) is 27.3 Å². The Bertz CT molecular complexity index is 992. The van der Waals surface area contributed by atoms with Gasteiger partial charge < -0.3 is 15.0 Å². The van der Waals surface area contributed by atoms with E-state index < -0.39 is 0 Å². The number of rotatable bonds is 5. The molecule has 0 spiro atoms. The summed E-state index contributed by atoms with van der Waals surface area (Å²) >= 11 is 6.39. The van der Waals surface area contributed by atoms with Gasteiger partial charge in [0.1, 0.15) is 17.0 Å². The molecule has 1 aromatic carbocycles. The smallest absolute Gasteiger partial charge is 0.228 e. The highest BCUT2D eigenvalue weighted by molar-refractivity contribution is 6.33. The lowest BCUT2D eigenvalue weighted by molar-refractivity contribution is 0.226. The molecule has 2 aromatic heterocycles. The highest BCUT2D eigenvalue weighted by atomic mass is 35.5. The van der Waals surface area contributed by atoms with Crippen LogP contribution in [0.25, 0.3) is 16.8 Å². The normalized spacial score (nSPS) is 17.8. The van der Waals surface area contributed by atoms with Crippen molar-refractivity contribution in [3.05, 3.63) is 41.3 Å². The molecular weight excluding hydrogens is 381 g/mol. The summed E-state index contributed by atoms with van der Waals surface area (Å²) in [5.74, 6) is 0.804. The number of aromatic nitrogens is 3. The van der Waals surface area contributed by atoms with Crippen LogP contribution in [0, 0.1) is 5.82 Å². The topological polar surface area (TPSA) is 54.7 Å². The first-order valence-electron chi connectivity index (χ1n) is 9.46. The fourth-order valence-electron chi connectivity index (χ4n) is 3.74. The predicted octanol–water partition coefficient (Wildman–Crippen LogP) is 4.09. The molecule has 8 heteroatoms. The van der Waals surface area contributed by atoms with Gasteiger partial charge in [-0.15, -0.1) is 10.2 Å². The van der Waals surface area contributed by atoms with Crippen LogP contribution in [0.5, 0.6) is 5.75 Å². The van der Waals surface area contributed by atoms with Crippen LogP contribution in [0.15, 0.2) is 30.5 Å². The zero-order valence-corrected chi connectivity index (χ0v) is 16.7. The summed E-state index contributed by atoms with van der Waals surface area (Å²) in [5.41, 5.74) is 1.37. The zero-order valence-electron chi connectivity index (χ0n) is 16.0. The van der Waals surface area contributed by atoms with Gasteiger partial charge in [0.25, 0.3) is 0 Å². The summed E-state index contributed by atoms with van der Waals surface area (Å²) in [5, 5.41) is 12.5. The van der Waals surface area contributed by atoms with Crippen molar-refractivity contribution in [2.75, 3.05) is 32.1 Å². The molecule has 3 heterocycles. The van der Waals surface area contributed by atoms with Gasteiger partial charge in [0.2, 0.25) is 5.95 Å². The molecule has 28 heavy (non-hydrogen) atoms. The summed E-state index contributed by atoms with van der Waals surface area (Å²) in [7, 11) is 1.57. The second-order valence-electron chi connectivity index (χ2n) is 6.98. The van der Waals surface area contributed by atoms with E-state index in [4.69, 9.17) is 16.3 Å². The Kier molecular flexibility index (Phi) is 5.37. The third kappa shape index (κ3) is 3.52. The second-order valence-corrected chi connectivity index (χ2v) is 7.38. The molecule has 1 fully saturated rings. The summed E-state index contributed by atoms with van der Waals surface area (Å²) in [6.45, 7) is 5.24. The van der Waals surface area contributed by atoms with E-state index in [9.17, 15) is 4.39 Å². The average Bonchev–Trinajstić information content (AvgIpc) is 3.11. The van der Waals surface area contributed by atoms with Gasteiger partial charge in [-0.05, 0) is 50.2 Å². The molecule has 3 aromatic rings. The summed E-state index contributed by atoms with van der Waals surface area (Å²) in [4.78, 5) is 2.40. The van der Waals surface area contributed by atoms with Crippen LogP contribution < -0.4 is 10.1 Å². The Morgan fingerprint density at radius 1 is 1.32 bits per heavy atom.